The van der Waals surface area contributed by atoms with Crippen molar-refractivity contribution in [3.05, 3.63) is 23.3 Å². The molecule has 0 saturated carbocycles. The molecule has 2 N–H and O–H groups in total. The van der Waals surface area contributed by atoms with E-state index in [9.17, 15) is 0 Å². The zero-order chi connectivity index (χ0) is 7.78. The fourth-order valence-corrected chi connectivity index (χ4v) is 1.13. The van der Waals surface area contributed by atoms with Crippen LogP contribution < -0.4 is 0 Å². The molecule has 1 aliphatic carbocycles. The van der Waals surface area contributed by atoms with Gasteiger partial charge in [-0.1, -0.05) is 29.3 Å². The second-order valence-electron chi connectivity index (χ2n) is 2.06. The molecule has 0 aliphatic heterocycles. The smallest absolute Gasteiger partial charge is 0.188 e. The van der Waals surface area contributed by atoms with Crippen molar-refractivity contribution in [2.45, 2.75) is 11.2 Å². The predicted molar refractivity (Wildman–Crippen MR) is 39.9 cm³/mol. The standard InChI is InChI=1S/C6H6Cl2O2/c7-4-1-2-5(9)6(8,10)3-4/h1-3,5,9-10H. The summed E-state index contributed by atoms with van der Waals surface area (Å²) >= 11 is 10.9. The molecule has 1 rings (SSSR count). The van der Waals surface area contributed by atoms with E-state index < -0.39 is 11.2 Å². The van der Waals surface area contributed by atoms with E-state index in [1.54, 1.807) is 0 Å². The second kappa shape index (κ2) is 2.55. The number of hydrogen-bond donors (Lipinski definition) is 2. The molecule has 2 unspecified atom stereocenters. The van der Waals surface area contributed by atoms with Gasteiger partial charge in [-0.2, -0.15) is 0 Å². The minimum absolute atomic E-state index is 0.322. The van der Waals surface area contributed by atoms with Crippen molar-refractivity contribution in [1.29, 1.82) is 0 Å². The van der Waals surface area contributed by atoms with E-state index in [-0.39, 0.29) is 0 Å². The van der Waals surface area contributed by atoms with Gasteiger partial charge in [-0.15, -0.1) is 0 Å². The normalized spacial score (nSPS) is 39.6. The molecule has 0 aromatic carbocycles. The molecule has 0 spiro atoms. The molecule has 2 atom stereocenters. The Morgan fingerprint density at radius 3 is 2.60 bits per heavy atom. The number of rotatable bonds is 0. The minimum Gasteiger partial charge on any atom is -0.384 e. The lowest BCUT2D eigenvalue weighted by molar-refractivity contribution is 0.0475. The molecule has 0 fully saturated rings. The lowest BCUT2D eigenvalue weighted by Crippen LogP contribution is -2.34. The van der Waals surface area contributed by atoms with Crippen molar-refractivity contribution in [2.75, 3.05) is 0 Å². The third kappa shape index (κ3) is 1.52. The van der Waals surface area contributed by atoms with Crippen LogP contribution in [0.2, 0.25) is 0 Å². The van der Waals surface area contributed by atoms with Crippen molar-refractivity contribution in [2.24, 2.45) is 0 Å². The summed E-state index contributed by atoms with van der Waals surface area (Å²) in [6.45, 7) is 0. The van der Waals surface area contributed by atoms with Gasteiger partial charge in [-0.3, -0.25) is 0 Å². The van der Waals surface area contributed by atoms with E-state index in [1.165, 1.54) is 18.2 Å². The first-order chi connectivity index (χ1) is 4.52. The van der Waals surface area contributed by atoms with E-state index in [4.69, 9.17) is 33.4 Å². The molecule has 0 radical (unpaired) electrons. The molecule has 1 aliphatic rings. The largest absolute Gasteiger partial charge is 0.384 e. The van der Waals surface area contributed by atoms with Gasteiger partial charge in [-0.05, 0) is 12.2 Å². The molecule has 56 valence electrons. The Bertz CT molecular complexity index is 196. The highest BCUT2D eigenvalue weighted by molar-refractivity contribution is 6.33. The van der Waals surface area contributed by atoms with E-state index in [2.05, 4.69) is 0 Å². The van der Waals surface area contributed by atoms with Crippen molar-refractivity contribution >= 4 is 23.2 Å². The lowest BCUT2D eigenvalue weighted by atomic mass is 10.1. The van der Waals surface area contributed by atoms with Gasteiger partial charge in [0, 0.05) is 5.03 Å². The third-order valence-corrected chi connectivity index (χ3v) is 1.76. The Hall–Kier alpha value is -0.0200. The highest BCUT2D eigenvalue weighted by Gasteiger charge is 2.31. The molecule has 0 amide bonds. The Morgan fingerprint density at radius 1 is 1.60 bits per heavy atom. The Labute approximate surface area is 68.4 Å². The quantitative estimate of drug-likeness (QED) is 0.546. The number of halogens is 2. The summed E-state index contributed by atoms with van der Waals surface area (Å²) in [7, 11) is 0. The van der Waals surface area contributed by atoms with Gasteiger partial charge in [-0.25, -0.2) is 0 Å². The molecule has 0 bridgehead atoms. The molecule has 0 aromatic rings. The second-order valence-corrected chi connectivity index (χ2v) is 3.10. The molecule has 4 heteroatoms. The van der Waals surface area contributed by atoms with Crippen LogP contribution in [0, 0.1) is 0 Å². The monoisotopic (exact) mass is 180 g/mol. The van der Waals surface area contributed by atoms with Gasteiger partial charge in [0.15, 0.2) is 5.06 Å². The van der Waals surface area contributed by atoms with Crippen LogP contribution in [0.3, 0.4) is 0 Å². The van der Waals surface area contributed by atoms with Gasteiger partial charge in [0.1, 0.15) is 6.10 Å². The number of alkyl halides is 1. The first kappa shape index (κ1) is 8.08. The fraction of sp³-hybridized carbons (Fsp3) is 0.333. The zero-order valence-electron chi connectivity index (χ0n) is 4.96. The van der Waals surface area contributed by atoms with Crippen LogP contribution in [0.25, 0.3) is 0 Å². The van der Waals surface area contributed by atoms with Crippen LogP contribution in [0.15, 0.2) is 23.3 Å². The summed E-state index contributed by atoms with van der Waals surface area (Å²) < 4.78 is 0. The number of aliphatic hydroxyl groups is 2. The predicted octanol–water partition coefficient (Wildman–Crippen LogP) is 0.967. The van der Waals surface area contributed by atoms with Crippen LogP contribution in [0.4, 0.5) is 0 Å². The summed E-state index contributed by atoms with van der Waals surface area (Å²) in [5, 5.41) is 16.7. The van der Waals surface area contributed by atoms with Gasteiger partial charge in [0.05, 0.1) is 0 Å². The van der Waals surface area contributed by atoms with Crippen LogP contribution >= 0.6 is 23.2 Å². The van der Waals surface area contributed by atoms with Gasteiger partial charge in [0.2, 0.25) is 0 Å². The average Bonchev–Trinajstić information content (AvgIpc) is 1.78. The van der Waals surface area contributed by atoms with E-state index in [0.717, 1.165) is 0 Å². The highest BCUT2D eigenvalue weighted by atomic mass is 35.5. The first-order valence-corrected chi connectivity index (χ1v) is 3.44. The molecule has 0 heterocycles. The maximum absolute atomic E-state index is 9.12. The summed E-state index contributed by atoms with van der Waals surface area (Å²) in [5.74, 6) is 0. The molecule has 0 saturated heterocycles. The Morgan fingerprint density at radius 2 is 2.20 bits per heavy atom. The third-order valence-electron chi connectivity index (χ3n) is 1.19. The summed E-state index contributed by atoms with van der Waals surface area (Å²) in [5.41, 5.74) is 0. The fourth-order valence-electron chi connectivity index (χ4n) is 0.645. The maximum atomic E-state index is 9.12. The summed E-state index contributed by atoms with van der Waals surface area (Å²) in [6.07, 6.45) is 2.90. The number of aliphatic hydroxyl groups excluding tert-OH is 1. The Balaban J connectivity index is 2.88. The molecule has 2 nitrogen and oxygen atoms in total. The van der Waals surface area contributed by atoms with Crippen molar-refractivity contribution in [3.63, 3.8) is 0 Å². The van der Waals surface area contributed by atoms with Crippen LogP contribution in [-0.2, 0) is 0 Å². The van der Waals surface area contributed by atoms with Crippen molar-refractivity contribution < 1.29 is 10.2 Å². The molecular formula is C6H6Cl2O2. The molecular weight excluding hydrogens is 175 g/mol. The van der Waals surface area contributed by atoms with Gasteiger partial charge >= 0.3 is 0 Å². The molecule has 10 heavy (non-hydrogen) atoms. The number of hydrogen-bond acceptors (Lipinski definition) is 2. The molecule has 0 aromatic heterocycles. The summed E-state index contributed by atoms with van der Waals surface area (Å²) in [6, 6.07) is 0. The first-order valence-electron chi connectivity index (χ1n) is 2.68. The average molecular weight is 181 g/mol. The minimum atomic E-state index is -1.74. The van der Waals surface area contributed by atoms with Crippen LogP contribution in [-0.4, -0.2) is 21.4 Å². The highest BCUT2D eigenvalue weighted by Crippen LogP contribution is 2.26. The van der Waals surface area contributed by atoms with Crippen molar-refractivity contribution in [1.82, 2.24) is 0 Å². The topological polar surface area (TPSA) is 40.5 Å². The maximum Gasteiger partial charge on any atom is 0.188 e. The van der Waals surface area contributed by atoms with Crippen molar-refractivity contribution in [3.8, 4) is 0 Å². The summed E-state index contributed by atoms with van der Waals surface area (Å²) in [4.78, 5) is 0. The lowest BCUT2D eigenvalue weighted by Gasteiger charge is -2.23. The van der Waals surface area contributed by atoms with E-state index in [0.29, 0.717) is 5.03 Å². The van der Waals surface area contributed by atoms with Gasteiger partial charge in [0.25, 0.3) is 0 Å². The van der Waals surface area contributed by atoms with Crippen LogP contribution in [0.1, 0.15) is 0 Å². The van der Waals surface area contributed by atoms with E-state index >= 15 is 0 Å². The van der Waals surface area contributed by atoms with Crippen LogP contribution in [0.5, 0.6) is 0 Å². The Kier molecular flexibility index (Phi) is 2.06. The SMILES string of the molecule is OC1C=CC(Cl)=CC1(O)Cl. The zero-order valence-corrected chi connectivity index (χ0v) is 6.47. The number of allylic oxidation sites excluding steroid dienone is 2. The van der Waals surface area contributed by atoms with E-state index in [1.807, 2.05) is 0 Å². The van der Waals surface area contributed by atoms with Gasteiger partial charge < -0.3 is 10.2 Å².